The molecule has 256 valence electrons. The van der Waals surface area contributed by atoms with Crippen LogP contribution in [0.4, 0.5) is 4.39 Å². The predicted molar refractivity (Wildman–Crippen MR) is 177 cm³/mol. The Hall–Kier alpha value is -4.81. The number of nitrogens with zero attached hydrogens (tertiary/aromatic N) is 2. The molecule has 0 saturated heterocycles. The molecular formula is C36H42FN3O8. The first-order valence-corrected chi connectivity index (χ1v) is 15.8. The van der Waals surface area contributed by atoms with Crippen molar-refractivity contribution >= 4 is 29.5 Å². The van der Waals surface area contributed by atoms with Crippen LogP contribution < -0.4 is 5.32 Å². The summed E-state index contributed by atoms with van der Waals surface area (Å²) >= 11 is 0. The summed E-state index contributed by atoms with van der Waals surface area (Å²) in [5, 5.41) is 38.1. The lowest BCUT2D eigenvalue weighted by atomic mass is 9.81. The van der Waals surface area contributed by atoms with Crippen LogP contribution in [0.2, 0.25) is 0 Å². The molecule has 0 aliphatic carbocycles. The van der Waals surface area contributed by atoms with Crippen LogP contribution in [-0.4, -0.2) is 69.3 Å². The van der Waals surface area contributed by atoms with Gasteiger partial charge in [0.1, 0.15) is 5.82 Å². The van der Waals surface area contributed by atoms with Crippen molar-refractivity contribution in [3.8, 4) is 11.3 Å². The van der Waals surface area contributed by atoms with Gasteiger partial charge in [0.15, 0.2) is 0 Å². The summed E-state index contributed by atoms with van der Waals surface area (Å²) in [5.74, 6) is -3.89. The minimum Gasteiger partial charge on any atom is -0.481 e. The highest BCUT2D eigenvalue weighted by molar-refractivity contribution is 6.00. The van der Waals surface area contributed by atoms with Gasteiger partial charge in [0.05, 0.1) is 66.8 Å². The molecule has 2 unspecified atom stereocenters. The fourth-order valence-corrected chi connectivity index (χ4v) is 6.21. The summed E-state index contributed by atoms with van der Waals surface area (Å²) in [5.41, 5.74) is 5.27. The van der Waals surface area contributed by atoms with Crippen LogP contribution in [0.15, 0.2) is 65.0 Å². The van der Waals surface area contributed by atoms with E-state index < -0.39 is 48.3 Å². The van der Waals surface area contributed by atoms with Crippen LogP contribution in [0, 0.1) is 5.82 Å². The van der Waals surface area contributed by atoms with Crippen LogP contribution >= 0.6 is 0 Å². The summed E-state index contributed by atoms with van der Waals surface area (Å²) < 4.78 is 26.2. The second-order valence-electron chi connectivity index (χ2n) is 11.8. The number of carbonyl (C=O) groups excluding carboxylic acids is 2. The maximum absolute atomic E-state index is 14.1. The number of carbonyl (C=O) groups is 3. The van der Waals surface area contributed by atoms with Crippen molar-refractivity contribution in [1.82, 2.24) is 14.9 Å². The molecule has 11 nitrogen and oxygen atoms in total. The second kappa shape index (κ2) is 15.4. The van der Waals surface area contributed by atoms with Gasteiger partial charge in [-0.25, -0.2) is 18.5 Å². The number of carboxylic acids is 1. The first-order valence-electron chi connectivity index (χ1n) is 15.8. The van der Waals surface area contributed by atoms with Crippen molar-refractivity contribution in [1.29, 1.82) is 0 Å². The molecule has 0 saturated carbocycles. The molecule has 0 radical (unpaired) electrons. The van der Waals surface area contributed by atoms with Crippen molar-refractivity contribution in [2.75, 3.05) is 14.2 Å². The van der Waals surface area contributed by atoms with Crippen molar-refractivity contribution in [3.05, 3.63) is 87.7 Å². The van der Waals surface area contributed by atoms with Crippen molar-refractivity contribution in [2.24, 2.45) is 0 Å². The molecule has 0 amide bonds. The number of aliphatic hydroxyl groups excluding tert-OH is 2. The number of aromatic nitrogens is 2. The van der Waals surface area contributed by atoms with E-state index in [1.807, 2.05) is 33.8 Å². The lowest BCUT2D eigenvalue weighted by Gasteiger charge is -2.31. The molecule has 0 fully saturated rings. The Morgan fingerprint density at radius 1 is 0.979 bits per heavy atom. The van der Waals surface area contributed by atoms with E-state index in [1.165, 1.54) is 32.4 Å². The number of hydrogen-bond acceptors (Lipinski definition) is 9. The number of rotatable bonds is 13. The van der Waals surface area contributed by atoms with Gasteiger partial charge in [-0.05, 0) is 60.7 Å². The molecule has 0 bridgehead atoms. The summed E-state index contributed by atoms with van der Waals surface area (Å²) in [7, 11) is 2.56. The first kappa shape index (κ1) is 36.0. The number of fused-ring (bicyclic) bond motifs is 1. The number of hydrogen-bond donors (Lipinski definition) is 4. The summed E-state index contributed by atoms with van der Waals surface area (Å²) in [6.07, 6.45) is 0.899. The normalized spacial score (nSPS) is 15.3. The molecule has 2 aromatic heterocycles. The third-order valence-electron chi connectivity index (χ3n) is 8.35. The van der Waals surface area contributed by atoms with Crippen LogP contribution in [0.3, 0.4) is 0 Å². The second-order valence-corrected chi connectivity index (χ2v) is 11.8. The Balaban J connectivity index is 2.06. The van der Waals surface area contributed by atoms with E-state index in [2.05, 4.69) is 5.32 Å². The van der Waals surface area contributed by atoms with Gasteiger partial charge in [0, 0.05) is 28.9 Å². The molecule has 2 atom stereocenters. The third kappa shape index (κ3) is 7.34. The van der Waals surface area contributed by atoms with Crippen molar-refractivity contribution < 1.29 is 43.6 Å². The number of carboxylic acid groups (broad SMARTS) is 1. The highest BCUT2D eigenvalue weighted by Gasteiger charge is 2.40. The van der Waals surface area contributed by atoms with E-state index in [-0.39, 0.29) is 23.5 Å². The SMILES string of the molecule is CCC1=C(C(=O)OC)C(c2ccc3c(C(C)C)c(/C=C/C(O)CC(O)CC(=O)O)c(-c4ccc(F)cc4)nn23)C(C(=O)OC)=C(CC)N1. The molecule has 12 heteroatoms. The number of benzene rings is 1. The molecule has 3 aromatic rings. The number of aliphatic hydroxyl groups is 2. The van der Waals surface area contributed by atoms with Crippen LogP contribution in [0.1, 0.15) is 82.0 Å². The van der Waals surface area contributed by atoms with Crippen LogP contribution in [-0.2, 0) is 23.9 Å². The molecule has 1 aromatic carbocycles. The highest BCUT2D eigenvalue weighted by Crippen LogP contribution is 2.43. The Bertz CT molecular complexity index is 1750. The van der Waals surface area contributed by atoms with E-state index in [0.29, 0.717) is 52.3 Å². The number of aliphatic carboxylic acids is 1. The number of methoxy groups -OCH3 is 2. The maximum Gasteiger partial charge on any atom is 0.336 e. The lowest BCUT2D eigenvalue weighted by molar-refractivity contribution is -0.140. The summed E-state index contributed by atoms with van der Waals surface area (Å²) in [4.78, 5) is 37.9. The molecular weight excluding hydrogens is 621 g/mol. The van der Waals surface area contributed by atoms with E-state index in [0.717, 1.165) is 5.56 Å². The zero-order chi connectivity index (χ0) is 35.3. The zero-order valence-corrected chi connectivity index (χ0v) is 27.9. The number of esters is 2. The van der Waals surface area contributed by atoms with Gasteiger partial charge in [-0.2, -0.15) is 5.10 Å². The molecule has 1 aliphatic rings. The molecule has 48 heavy (non-hydrogen) atoms. The monoisotopic (exact) mass is 663 g/mol. The van der Waals surface area contributed by atoms with Gasteiger partial charge >= 0.3 is 17.9 Å². The predicted octanol–water partition coefficient (Wildman–Crippen LogP) is 5.22. The van der Waals surface area contributed by atoms with Gasteiger partial charge in [0.2, 0.25) is 0 Å². The van der Waals surface area contributed by atoms with Crippen molar-refractivity contribution in [2.45, 2.75) is 77.4 Å². The largest absolute Gasteiger partial charge is 0.481 e. The maximum atomic E-state index is 14.1. The first-order chi connectivity index (χ1) is 22.9. The van der Waals surface area contributed by atoms with Gasteiger partial charge in [-0.3, -0.25) is 4.79 Å². The fourth-order valence-electron chi connectivity index (χ4n) is 6.21. The van der Waals surface area contributed by atoms with E-state index >= 15 is 0 Å². The number of nitrogens with one attached hydrogen (secondary N) is 1. The van der Waals surface area contributed by atoms with Crippen LogP contribution in [0.25, 0.3) is 22.9 Å². The molecule has 3 heterocycles. The number of halogens is 1. The molecule has 4 N–H and O–H groups in total. The Kier molecular flexibility index (Phi) is 11.6. The fraction of sp³-hybridized carbons (Fsp3) is 0.389. The zero-order valence-electron chi connectivity index (χ0n) is 27.9. The molecule has 0 spiro atoms. The lowest BCUT2D eigenvalue weighted by Crippen LogP contribution is -2.34. The minimum absolute atomic E-state index is 0.122. The summed E-state index contributed by atoms with van der Waals surface area (Å²) in [6.45, 7) is 7.75. The van der Waals surface area contributed by atoms with E-state index in [9.17, 15) is 29.0 Å². The Labute approximate surface area is 278 Å². The summed E-state index contributed by atoms with van der Waals surface area (Å²) in [6, 6.07) is 9.42. The Morgan fingerprint density at radius 2 is 1.56 bits per heavy atom. The third-order valence-corrected chi connectivity index (χ3v) is 8.35. The average Bonchev–Trinajstić information content (AvgIpc) is 3.47. The molecule has 1 aliphatic heterocycles. The number of ether oxygens (including phenoxy) is 2. The van der Waals surface area contributed by atoms with E-state index in [4.69, 9.17) is 19.7 Å². The van der Waals surface area contributed by atoms with E-state index in [1.54, 1.807) is 28.8 Å². The van der Waals surface area contributed by atoms with Gasteiger partial charge in [0.25, 0.3) is 0 Å². The number of dihydropyridines is 1. The quantitative estimate of drug-likeness (QED) is 0.179. The van der Waals surface area contributed by atoms with Gasteiger partial charge in [-0.1, -0.05) is 39.8 Å². The smallest absolute Gasteiger partial charge is 0.336 e. The van der Waals surface area contributed by atoms with Gasteiger partial charge in [-0.15, -0.1) is 0 Å². The van der Waals surface area contributed by atoms with Crippen molar-refractivity contribution in [3.63, 3.8) is 0 Å². The number of allylic oxidation sites excluding steroid dienone is 2. The van der Waals surface area contributed by atoms with Gasteiger partial charge < -0.3 is 30.1 Å². The minimum atomic E-state index is -1.25. The highest BCUT2D eigenvalue weighted by atomic mass is 19.1. The van der Waals surface area contributed by atoms with Crippen LogP contribution in [0.5, 0.6) is 0 Å². The topological polar surface area (TPSA) is 160 Å². The molecule has 4 rings (SSSR count). The Morgan fingerprint density at radius 3 is 2.06 bits per heavy atom. The standard InChI is InChI=1S/C36H42FN3O8/c1-7-25-31(35(45)47-5)33(32(36(46)48-6)26(8-2)38-25)28-16-15-27-30(19(3)4)24(14-13-22(41)17-23(42)18-29(43)44)34(39-40(27)28)20-9-11-21(37)12-10-20/h9-16,19,22-23,33,38,41-42H,7-8,17-18H2,1-6H3,(H,43,44)/b14-13+. The average molecular weight is 664 g/mol.